The number of benzene rings is 3. The van der Waals surface area contributed by atoms with Crippen molar-refractivity contribution in [3.05, 3.63) is 82.0 Å². The van der Waals surface area contributed by atoms with Gasteiger partial charge in [0.05, 0.1) is 0 Å². The van der Waals surface area contributed by atoms with E-state index in [1.54, 1.807) is 12.1 Å². The van der Waals surface area contributed by atoms with E-state index < -0.39 is 78.3 Å². The minimum atomic E-state index is -1.71. The van der Waals surface area contributed by atoms with Gasteiger partial charge in [-0.1, -0.05) is 62.7 Å². The third kappa shape index (κ3) is 12.5. The molecule has 1 aliphatic heterocycles. The molecule has 0 aliphatic carbocycles. The summed E-state index contributed by atoms with van der Waals surface area (Å²) in [6.45, 7) is 6.22. The number of fused-ring (bicyclic) bond motifs is 5. The molecular formula is C46H59ClN10O11. The van der Waals surface area contributed by atoms with Crippen molar-refractivity contribution in [1.29, 1.82) is 0 Å². The van der Waals surface area contributed by atoms with Gasteiger partial charge in [0, 0.05) is 43.2 Å². The Kier molecular flexibility index (Phi) is 17.3. The highest BCUT2D eigenvalue weighted by Crippen LogP contribution is 2.45. The summed E-state index contributed by atoms with van der Waals surface area (Å²) in [5.41, 5.74) is 25.1. The number of aromatic hydroxyl groups is 1. The van der Waals surface area contributed by atoms with Gasteiger partial charge >= 0.3 is 5.97 Å². The van der Waals surface area contributed by atoms with Gasteiger partial charge in [-0.15, -0.1) is 0 Å². The molecule has 68 heavy (non-hydrogen) atoms. The van der Waals surface area contributed by atoms with Gasteiger partial charge in [-0.3, -0.25) is 19.2 Å². The molecule has 21 nitrogen and oxygen atoms in total. The fraction of sp³-hybridized carbons (Fsp3) is 0.413. The number of nitrogens with two attached hydrogens (primary N) is 4. The first-order chi connectivity index (χ1) is 32.1. The first-order valence-corrected chi connectivity index (χ1v) is 22.0. The molecule has 3 aromatic carbocycles. The summed E-state index contributed by atoms with van der Waals surface area (Å²) in [4.78, 5) is 78.9. The van der Waals surface area contributed by atoms with Gasteiger partial charge in [0.1, 0.15) is 71.9 Å². The smallest absolute Gasteiger partial charge is 0.326 e. The molecule has 3 unspecified atom stereocenters. The number of carboxylic acids is 1. The number of hydrogen-bond donors (Lipinski definition) is 11. The Labute approximate surface area is 397 Å². The van der Waals surface area contributed by atoms with Crippen molar-refractivity contribution in [2.24, 2.45) is 17.2 Å². The number of carbonyl (C=O) groups is 5. The van der Waals surface area contributed by atoms with E-state index in [2.05, 4.69) is 46.7 Å². The minimum Gasteiger partial charge on any atom is -0.504 e. The Morgan fingerprint density at radius 1 is 0.912 bits per heavy atom. The van der Waals surface area contributed by atoms with E-state index in [0.717, 1.165) is 10.5 Å². The number of nitrogen functional groups attached to an aromatic ring is 1. The highest BCUT2D eigenvalue weighted by Gasteiger charge is 2.37. The lowest BCUT2D eigenvalue weighted by Crippen LogP contribution is -2.55. The first kappa shape index (κ1) is 52.4. The van der Waals surface area contributed by atoms with E-state index in [9.17, 15) is 44.4 Å². The molecule has 0 spiro atoms. The average Bonchev–Trinajstić information content (AvgIpc) is 3.29. The van der Waals surface area contributed by atoms with Crippen LogP contribution in [0.4, 0.5) is 5.82 Å². The number of likely N-dealkylation sites (N-methyl/N-ethyl adjacent to an activating group) is 1. The summed E-state index contributed by atoms with van der Waals surface area (Å²) in [5, 5.41) is 49.9. The normalized spacial score (nSPS) is 17.7. The minimum absolute atomic E-state index is 0.0283. The number of nitrogens with one attached hydrogen (secondary N) is 3. The fourth-order valence-corrected chi connectivity index (χ4v) is 7.49. The van der Waals surface area contributed by atoms with Crippen LogP contribution in [0.25, 0.3) is 22.5 Å². The van der Waals surface area contributed by atoms with Gasteiger partial charge in [-0.25, -0.2) is 14.8 Å². The molecule has 4 amide bonds. The lowest BCUT2D eigenvalue weighted by molar-refractivity contribution is -0.143. The number of carbonyl (C=O) groups excluding carboxylic acids is 4. The van der Waals surface area contributed by atoms with Crippen LogP contribution in [-0.4, -0.2) is 135 Å². The van der Waals surface area contributed by atoms with Crippen LogP contribution in [0.2, 0.25) is 5.15 Å². The fourth-order valence-electron chi connectivity index (χ4n) is 7.23. The molecule has 15 N–H and O–H groups in total. The van der Waals surface area contributed by atoms with Crippen molar-refractivity contribution in [1.82, 2.24) is 30.8 Å². The summed E-state index contributed by atoms with van der Waals surface area (Å²) in [7, 11) is 1.25. The zero-order chi connectivity index (χ0) is 50.2. The standard InChI is InChI=1S/C46H59ClN10O11/c1-22-41(61)54-32(45(65)66)15-23-6-11-33(67-20-27(58)18-49)29(14-23)30-16-25(17-34(37(30)60)68-21-28(59)19-50)36(43(63)52-22)57(5)44(64)31(12-13-48)53-42(62)35-38(47)55-40(56-39(35)51)24-7-9-26(10-8-24)46(2,3)4/h6-11,14,16-17,22,27-28,31-32,36,58-60H,12-13,15,18-21,48-50H2,1-5H3,(H,52,63)(H,53,62)(H,54,61)(H,65,66)(H2,51,55,56)/t22-,27?,28?,31?,32-,36-/m0/s1. The van der Waals surface area contributed by atoms with Gasteiger partial charge in [-0.05, 0) is 66.3 Å². The number of aliphatic carboxylic acids is 1. The summed E-state index contributed by atoms with van der Waals surface area (Å²) in [6, 6.07) is 8.42. The van der Waals surface area contributed by atoms with E-state index in [0.29, 0.717) is 11.1 Å². The topological polar surface area (TPSA) is 354 Å². The number of carboxylic acid groups (broad SMARTS) is 1. The van der Waals surface area contributed by atoms with E-state index in [-0.39, 0.29) is 95.0 Å². The largest absolute Gasteiger partial charge is 0.504 e. The third-order valence-corrected chi connectivity index (χ3v) is 11.4. The Morgan fingerprint density at radius 3 is 2.12 bits per heavy atom. The second-order valence-electron chi connectivity index (χ2n) is 17.4. The predicted molar refractivity (Wildman–Crippen MR) is 252 cm³/mol. The molecule has 2 heterocycles. The van der Waals surface area contributed by atoms with E-state index in [4.69, 9.17) is 44.0 Å². The van der Waals surface area contributed by atoms with Crippen molar-refractivity contribution in [2.75, 3.05) is 45.6 Å². The van der Waals surface area contributed by atoms with Crippen LogP contribution < -0.4 is 48.4 Å². The number of phenols is 1. The zero-order valence-corrected chi connectivity index (χ0v) is 39.0. The summed E-state index contributed by atoms with van der Waals surface area (Å²) < 4.78 is 11.8. The van der Waals surface area contributed by atoms with Crippen LogP contribution >= 0.6 is 11.6 Å². The number of aliphatic hydroxyl groups excluding tert-OH is 2. The summed E-state index contributed by atoms with van der Waals surface area (Å²) in [6.07, 6.45) is -2.76. The lowest BCUT2D eigenvalue weighted by Gasteiger charge is -2.33. The highest BCUT2D eigenvalue weighted by atomic mass is 35.5. The SMILES string of the molecule is C[C@@H]1NC(=O)[C@@H](N(C)C(=O)C(CCN)NC(=O)c2c(N)nc(-c3ccc(C(C)(C)C)cc3)nc2Cl)c2cc(OCC(O)CN)c(O)c(c2)-c2cc(ccc2OCC(O)CN)C[C@@H](C(=O)O)NC1=O. The van der Waals surface area contributed by atoms with Gasteiger partial charge in [0.25, 0.3) is 5.91 Å². The molecule has 0 saturated carbocycles. The van der Waals surface area contributed by atoms with E-state index in [1.165, 1.54) is 44.3 Å². The Morgan fingerprint density at radius 2 is 1.54 bits per heavy atom. The number of anilines is 1. The molecule has 0 radical (unpaired) electrons. The van der Waals surface area contributed by atoms with Gasteiger partial charge in [0.15, 0.2) is 17.3 Å². The molecule has 1 aliphatic rings. The van der Waals surface area contributed by atoms with Crippen LogP contribution in [0.5, 0.6) is 17.2 Å². The molecule has 0 saturated heterocycles. The second kappa shape index (κ2) is 22.5. The molecule has 22 heteroatoms. The lowest BCUT2D eigenvalue weighted by atomic mass is 9.87. The van der Waals surface area contributed by atoms with Crippen LogP contribution in [-0.2, 0) is 31.0 Å². The van der Waals surface area contributed by atoms with Gasteiger partial charge in [0.2, 0.25) is 17.7 Å². The number of phenolic OH excluding ortho intramolecular Hbond substituents is 1. The van der Waals surface area contributed by atoms with E-state index >= 15 is 0 Å². The predicted octanol–water partition coefficient (Wildman–Crippen LogP) is 0.723. The second-order valence-corrected chi connectivity index (χ2v) is 17.7. The van der Waals surface area contributed by atoms with Crippen molar-refractivity contribution in [3.8, 4) is 39.8 Å². The molecule has 1 aromatic heterocycles. The van der Waals surface area contributed by atoms with Crippen molar-refractivity contribution < 1.29 is 53.9 Å². The maximum atomic E-state index is 14.7. The number of hydrogen-bond acceptors (Lipinski definition) is 16. The molecule has 0 fully saturated rings. The number of rotatable bonds is 16. The van der Waals surface area contributed by atoms with Crippen LogP contribution in [0.3, 0.4) is 0 Å². The average molecular weight is 963 g/mol. The van der Waals surface area contributed by atoms with E-state index in [1.807, 2.05) is 12.1 Å². The van der Waals surface area contributed by atoms with Gasteiger partial charge in [-0.2, -0.15) is 0 Å². The van der Waals surface area contributed by atoms with Crippen LogP contribution in [0, 0.1) is 0 Å². The summed E-state index contributed by atoms with van der Waals surface area (Å²) in [5.74, 6) is -5.99. The van der Waals surface area contributed by atoms with Crippen molar-refractivity contribution >= 4 is 47.0 Å². The number of ether oxygens (including phenoxy) is 2. The zero-order valence-electron chi connectivity index (χ0n) is 38.3. The number of amides is 4. The van der Waals surface area contributed by atoms with Gasteiger partial charge < -0.3 is 73.7 Å². The van der Waals surface area contributed by atoms with Crippen LogP contribution in [0.1, 0.15) is 67.2 Å². The Bertz CT molecular complexity index is 2480. The molecule has 4 aromatic rings. The maximum absolute atomic E-state index is 14.7. The number of aromatic nitrogens is 2. The number of nitrogens with zero attached hydrogens (tertiary/aromatic N) is 3. The Hall–Kier alpha value is -6.62. The highest BCUT2D eigenvalue weighted by molar-refractivity contribution is 6.33. The Balaban J connectivity index is 1.62. The third-order valence-electron chi connectivity index (χ3n) is 11.1. The van der Waals surface area contributed by atoms with Crippen LogP contribution in [0.15, 0.2) is 54.6 Å². The molecular weight excluding hydrogens is 904 g/mol. The number of halogens is 1. The van der Waals surface area contributed by atoms with Crippen molar-refractivity contribution in [2.45, 2.75) is 82.3 Å². The molecule has 4 bridgehead atoms. The molecule has 6 atom stereocenters. The quantitative estimate of drug-likeness (QED) is 0.0689. The number of aliphatic hydroxyl groups is 2. The first-order valence-electron chi connectivity index (χ1n) is 21.6. The molecule has 5 rings (SSSR count). The maximum Gasteiger partial charge on any atom is 0.326 e. The van der Waals surface area contributed by atoms with Crippen molar-refractivity contribution in [3.63, 3.8) is 0 Å². The summed E-state index contributed by atoms with van der Waals surface area (Å²) >= 11 is 6.57. The monoisotopic (exact) mass is 962 g/mol. The molecule has 366 valence electrons.